The summed E-state index contributed by atoms with van der Waals surface area (Å²) < 4.78 is 10.7. The van der Waals surface area contributed by atoms with Crippen LogP contribution < -0.4 is 11.1 Å². The molecular weight excluding hydrogens is 248 g/mol. The van der Waals surface area contributed by atoms with E-state index in [1.165, 1.54) is 0 Å². The Morgan fingerprint density at radius 2 is 1.53 bits per heavy atom. The van der Waals surface area contributed by atoms with Gasteiger partial charge in [0.1, 0.15) is 11.6 Å². The van der Waals surface area contributed by atoms with Crippen LogP contribution in [0.15, 0.2) is 0 Å². The highest BCUT2D eigenvalue weighted by Gasteiger charge is 2.30. The third kappa shape index (κ3) is 8.42. The Kier molecular flexibility index (Phi) is 5.81. The lowest BCUT2D eigenvalue weighted by Gasteiger charge is -2.30. The van der Waals surface area contributed by atoms with Gasteiger partial charge in [-0.05, 0) is 48.5 Å². The van der Waals surface area contributed by atoms with Crippen molar-refractivity contribution >= 4 is 12.0 Å². The van der Waals surface area contributed by atoms with Crippen LogP contribution in [-0.2, 0) is 14.3 Å². The molecule has 6 heteroatoms. The molecule has 0 aromatic carbocycles. The fourth-order valence-electron chi connectivity index (χ4n) is 1.48. The number of hydrogen-bond acceptors (Lipinski definition) is 4. The molecule has 0 aliphatic carbocycles. The summed E-state index contributed by atoms with van der Waals surface area (Å²) >= 11 is 0. The fourth-order valence-corrected chi connectivity index (χ4v) is 1.48. The Morgan fingerprint density at radius 3 is 1.84 bits per heavy atom. The molecule has 6 nitrogen and oxygen atoms in total. The van der Waals surface area contributed by atoms with Crippen molar-refractivity contribution in [1.29, 1.82) is 0 Å². The van der Waals surface area contributed by atoms with Gasteiger partial charge >= 0.3 is 6.09 Å². The maximum Gasteiger partial charge on any atom is 0.408 e. The number of primary amides is 1. The van der Waals surface area contributed by atoms with Crippen LogP contribution in [0.1, 0.15) is 48.5 Å². The Hall–Kier alpha value is -1.30. The number of carbonyl (C=O) groups excluding carboxylic acids is 2. The first-order valence-electron chi connectivity index (χ1n) is 6.28. The molecule has 0 aromatic rings. The van der Waals surface area contributed by atoms with E-state index >= 15 is 0 Å². The summed E-state index contributed by atoms with van der Waals surface area (Å²) in [5, 5.41) is 2.43. The summed E-state index contributed by atoms with van der Waals surface area (Å²) in [5.74, 6) is -0.664. The van der Waals surface area contributed by atoms with Crippen LogP contribution in [0.25, 0.3) is 0 Å². The van der Waals surface area contributed by atoms with Gasteiger partial charge in [0.25, 0.3) is 0 Å². The maximum absolute atomic E-state index is 11.6. The van der Waals surface area contributed by atoms with Crippen molar-refractivity contribution in [3.8, 4) is 0 Å². The van der Waals surface area contributed by atoms with E-state index in [4.69, 9.17) is 15.2 Å². The van der Waals surface area contributed by atoms with Crippen LogP contribution in [0.5, 0.6) is 0 Å². The molecule has 0 aliphatic heterocycles. The fraction of sp³-hybridized carbons (Fsp3) is 0.846. The third-order valence-corrected chi connectivity index (χ3v) is 1.99. The minimum absolute atomic E-state index is 0.442. The van der Waals surface area contributed by atoms with E-state index in [1.54, 1.807) is 27.7 Å². The molecule has 0 unspecified atom stereocenters. The van der Waals surface area contributed by atoms with Crippen molar-refractivity contribution in [1.82, 2.24) is 5.32 Å². The molecule has 0 saturated heterocycles. The number of hydrogen-bond donors (Lipinski definition) is 2. The van der Waals surface area contributed by atoms with Crippen molar-refractivity contribution in [3.05, 3.63) is 0 Å². The summed E-state index contributed by atoms with van der Waals surface area (Å²) in [4.78, 5) is 23.0. The molecule has 0 aromatic heterocycles. The monoisotopic (exact) mass is 274 g/mol. The lowest BCUT2D eigenvalue weighted by molar-refractivity contribution is -0.128. The van der Waals surface area contributed by atoms with Gasteiger partial charge in [0.15, 0.2) is 0 Å². The maximum atomic E-state index is 11.6. The van der Waals surface area contributed by atoms with Crippen molar-refractivity contribution in [3.63, 3.8) is 0 Å². The van der Waals surface area contributed by atoms with Crippen LogP contribution >= 0.6 is 0 Å². The van der Waals surface area contributed by atoms with Crippen LogP contribution in [0, 0.1) is 0 Å². The van der Waals surface area contributed by atoms with Crippen molar-refractivity contribution in [2.75, 3.05) is 0 Å². The van der Waals surface area contributed by atoms with Crippen molar-refractivity contribution < 1.29 is 19.1 Å². The number of amides is 2. The zero-order valence-corrected chi connectivity index (χ0v) is 12.9. The second-order valence-electron chi connectivity index (χ2n) is 6.46. The van der Waals surface area contributed by atoms with E-state index in [1.807, 2.05) is 20.8 Å². The zero-order chi connectivity index (χ0) is 15.4. The minimum atomic E-state index is -0.936. The summed E-state index contributed by atoms with van der Waals surface area (Å²) in [6.45, 7) is 12.5. The van der Waals surface area contributed by atoms with Crippen LogP contribution in [0.3, 0.4) is 0 Å². The molecule has 19 heavy (non-hydrogen) atoms. The molecule has 112 valence electrons. The van der Waals surface area contributed by atoms with E-state index in [2.05, 4.69) is 5.32 Å². The van der Waals surface area contributed by atoms with Gasteiger partial charge in [-0.15, -0.1) is 0 Å². The molecule has 0 spiro atoms. The molecule has 0 aliphatic rings. The highest BCUT2D eigenvalue weighted by atomic mass is 16.6. The van der Waals surface area contributed by atoms with Gasteiger partial charge in [0.2, 0.25) is 5.91 Å². The average Bonchev–Trinajstić information content (AvgIpc) is 2.07. The molecule has 2 atom stereocenters. The standard InChI is InChI=1S/C13H26N2O4/c1-8(18-12(2,3)4)9(10(14)16)15-11(17)19-13(5,6)7/h8-9H,1-7H3,(H2,14,16)(H,15,17)/t8-,9-/m0/s1. The first-order valence-corrected chi connectivity index (χ1v) is 6.28. The van der Waals surface area contributed by atoms with E-state index in [0.29, 0.717) is 0 Å². The van der Waals surface area contributed by atoms with Gasteiger partial charge < -0.3 is 20.5 Å². The SMILES string of the molecule is C[C@H](OC(C)(C)C)[C@H](NC(=O)OC(C)(C)C)C(N)=O. The topological polar surface area (TPSA) is 90.7 Å². The molecule has 0 radical (unpaired) electrons. The zero-order valence-electron chi connectivity index (χ0n) is 12.9. The smallest absolute Gasteiger partial charge is 0.408 e. The minimum Gasteiger partial charge on any atom is -0.444 e. The van der Waals surface area contributed by atoms with Crippen molar-refractivity contribution in [2.45, 2.75) is 71.8 Å². The molecule has 0 bridgehead atoms. The molecular formula is C13H26N2O4. The summed E-state index contributed by atoms with van der Waals surface area (Å²) in [6, 6.07) is -0.936. The second kappa shape index (κ2) is 6.23. The quantitative estimate of drug-likeness (QED) is 0.814. The molecule has 2 amide bonds. The van der Waals surface area contributed by atoms with Crippen LogP contribution in [0.4, 0.5) is 4.79 Å². The van der Waals surface area contributed by atoms with Crippen molar-refractivity contribution in [2.24, 2.45) is 5.73 Å². The largest absolute Gasteiger partial charge is 0.444 e. The molecule has 0 saturated carbocycles. The average molecular weight is 274 g/mol. The highest BCUT2D eigenvalue weighted by Crippen LogP contribution is 2.14. The molecule has 0 heterocycles. The third-order valence-electron chi connectivity index (χ3n) is 1.99. The Bertz CT molecular complexity index is 329. The molecule has 0 fully saturated rings. The number of rotatable bonds is 4. The lowest BCUT2D eigenvalue weighted by Crippen LogP contribution is -2.53. The summed E-state index contributed by atoms with van der Waals surface area (Å²) in [7, 11) is 0. The Morgan fingerprint density at radius 1 is 1.05 bits per heavy atom. The highest BCUT2D eigenvalue weighted by molar-refractivity contribution is 5.84. The predicted octanol–water partition coefficient (Wildman–Crippen LogP) is 1.57. The Labute approximate surface area is 115 Å². The van der Waals surface area contributed by atoms with E-state index in [0.717, 1.165) is 0 Å². The van der Waals surface area contributed by atoms with Gasteiger partial charge in [-0.25, -0.2) is 4.79 Å². The lowest BCUT2D eigenvalue weighted by atomic mass is 10.1. The predicted molar refractivity (Wildman–Crippen MR) is 72.7 cm³/mol. The van der Waals surface area contributed by atoms with Gasteiger partial charge in [-0.3, -0.25) is 4.79 Å². The molecule has 3 N–H and O–H groups in total. The van der Waals surface area contributed by atoms with E-state index < -0.39 is 35.3 Å². The molecule has 0 rings (SSSR count). The van der Waals surface area contributed by atoms with Gasteiger partial charge in [0.05, 0.1) is 11.7 Å². The number of nitrogens with two attached hydrogens (primary N) is 1. The number of alkyl carbamates (subject to hydrolysis) is 1. The van der Waals surface area contributed by atoms with Gasteiger partial charge in [-0.2, -0.15) is 0 Å². The first kappa shape index (κ1) is 17.7. The van der Waals surface area contributed by atoms with Gasteiger partial charge in [-0.1, -0.05) is 0 Å². The second-order valence-corrected chi connectivity index (χ2v) is 6.46. The van der Waals surface area contributed by atoms with Gasteiger partial charge in [0, 0.05) is 0 Å². The van der Waals surface area contributed by atoms with E-state index in [-0.39, 0.29) is 0 Å². The van der Waals surface area contributed by atoms with E-state index in [9.17, 15) is 9.59 Å². The first-order chi connectivity index (χ1) is 8.32. The van der Waals surface area contributed by atoms with Crippen LogP contribution in [0.2, 0.25) is 0 Å². The number of nitrogens with one attached hydrogen (secondary N) is 1. The summed E-state index contributed by atoms with van der Waals surface area (Å²) in [5.41, 5.74) is 4.20. The number of ether oxygens (including phenoxy) is 2. The summed E-state index contributed by atoms with van der Waals surface area (Å²) in [6.07, 6.45) is -1.24. The Balaban J connectivity index is 4.67. The van der Waals surface area contributed by atoms with Crippen LogP contribution in [-0.4, -0.2) is 35.3 Å². The normalized spacial score (nSPS) is 15.5. The number of carbonyl (C=O) groups is 2.